The van der Waals surface area contributed by atoms with E-state index in [2.05, 4.69) is 29.1 Å². The van der Waals surface area contributed by atoms with Crippen molar-refractivity contribution in [1.29, 1.82) is 0 Å². The third-order valence-corrected chi connectivity index (χ3v) is 8.02. The summed E-state index contributed by atoms with van der Waals surface area (Å²) in [5.41, 5.74) is 1.19. The molecule has 5 aliphatic carbocycles. The Morgan fingerprint density at radius 3 is 2.86 bits per heavy atom. The van der Waals surface area contributed by atoms with Crippen molar-refractivity contribution in [3.63, 3.8) is 0 Å². The lowest BCUT2D eigenvalue weighted by atomic mass is 9.58. The van der Waals surface area contributed by atoms with E-state index in [1.165, 1.54) is 12.1 Å². The van der Waals surface area contributed by atoms with Crippen LogP contribution in [0.15, 0.2) is 24.4 Å². The molecular formula is C19H22N2O. The van der Waals surface area contributed by atoms with Crippen LogP contribution < -0.4 is 0 Å². The summed E-state index contributed by atoms with van der Waals surface area (Å²) in [5.74, 6) is 6.45. The van der Waals surface area contributed by atoms with Crippen molar-refractivity contribution in [3.05, 3.63) is 30.1 Å². The Morgan fingerprint density at radius 1 is 1.14 bits per heavy atom. The number of carbonyl (C=O) groups is 1. The van der Waals surface area contributed by atoms with Gasteiger partial charge >= 0.3 is 0 Å². The second kappa shape index (κ2) is 3.81. The molecule has 22 heavy (non-hydrogen) atoms. The van der Waals surface area contributed by atoms with Gasteiger partial charge < -0.3 is 4.90 Å². The van der Waals surface area contributed by atoms with Gasteiger partial charge in [-0.3, -0.25) is 9.78 Å². The molecule has 1 aromatic rings. The minimum absolute atomic E-state index is 0.456. The minimum Gasteiger partial charge on any atom is -0.302 e. The molecule has 0 aliphatic heterocycles. The summed E-state index contributed by atoms with van der Waals surface area (Å²) in [6.07, 6.45) is 4.30. The van der Waals surface area contributed by atoms with Gasteiger partial charge in [-0.05, 0) is 61.1 Å². The van der Waals surface area contributed by atoms with Gasteiger partial charge in [0.15, 0.2) is 0 Å². The maximum atomic E-state index is 12.6. The van der Waals surface area contributed by atoms with E-state index in [-0.39, 0.29) is 0 Å². The average molecular weight is 294 g/mol. The van der Waals surface area contributed by atoms with E-state index < -0.39 is 0 Å². The molecule has 0 N–H and O–H groups in total. The zero-order valence-corrected chi connectivity index (χ0v) is 12.9. The van der Waals surface area contributed by atoms with Crippen LogP contribution >= 0.6 is 0 Å². The lowest BCUT2D eigenvalue weighted by molar-refractivity contribution is -0.137. The van der Waals surface area contributed by atoms with Crippen molar-refractivity contribution in [3.8, 4) is 0 Å². The first kappa shape index (κ1) is 12.2. The minimum atomic E-state index is 0.456. The predicted molar refractivity (Wildman–Crippen MR) is 81.9 cm³/mol. The standard InChI is InChI=1S/C19H22N2O/c1-21(7-5-9-4-2-3-6-20-9)18-14-10-8-11-13-12(10)16(18)17(13)19(22)15(11)14/h2-4,6,10-18H,5,7-8H2,1H3/t10?,11?,12?,13?,14?,15?,16?,17?,18-/m0/s1. The zero-order valence-electron chi connectivity index (χ0n) is 12.9. The molecule has 0 aromatic carbocycles. The summed E-state index contributed by atoms with van der Waals surface area (Å²) in [6.45, 7) is 1.08. The average Bonchev–Trinajstić information content (AvgIpc) is 3.04. The fourth-order valence-corrected chi connectivity index (χ4v) is 7.69. The molecule has 6 rings (SSSR count). The smallest absolute Gasteiger partial charge is 0.140 e. The second-order valence-corrected chi connectivity index (χ2v) is 8.37. The van der Waals surface area contributed by atoms with Gasteiger partial charge in [-0.1, -0.05) is 6.07 Å². The van der Waals surface area contributed by atoms with Crippen LogP contribution in [-0.4, -0.2) is 35.3 Å². The first-order valence-corrected chi connectivity index (χ1v) is 8.91. The van der Waals surface area contributed by atoms with Crippen LogP contribution in [0.2, 0.25) is 0 Å². The van der Waals surface area contributed by atoms with E-state index in [4.69, 9.17) is 0 Å². The van der Waals surface area contributed by atoms with Crippen LogP contribution in [0.25, 0.3) is 0 Å². The molecule has 1 heterocycles. The molecular weight excluding hydrogens is 272 g/mol. The normalized spacial score (nSPS) is 52.1. The lowest BCUT2D eigenvalue weighted by Crippen LogP contribution is -2.55. The molecule has 8 unspecified atom stereocenters. The molecule has 5 aliphatic rings. The summed E-state index contributed by atoms with van der Waals surface area (Å²) < 4.78 is 0. The van der Waals surface area contributed by atoms with Crippen LogP contribution in [-0.2, 0) is 11.2 Å². The number of fused-ring (bicyclic) bond motifs is 2. The van der Waals surface area contributed by atoms with Gasteiger partial charge in [-0.15, -0.1) is 0 Å². The maximum absolute atomic E-state index is 12.6. The number of ketones is 1. The van der Waals surface area contributed by atoms with Crippen molar-refractivity contribution in [2.75, 3.05) is 13.6 Å². The molecule has 2 bridgehead atoms. The third-order valence-electron chi connectivity index (χ3n) is 8.02. The highest BCUT2D eigenvalue weighted by atomic mass is 16.1. The number of carbonyl (C=O) groups excluding carboxylic acids is 1. The van der Waals surface area contributed by atoms with E-state index in [0.29, 0.717) is 35.5 Å². The monoisotopic (exact) mass is 294 g/mol. The number of aromatic nitrogens is 1. The highest BCUT2D eigenvalue weighted by Gasteiger charge is 2.83. The van der Waals surface area contributed by atoms with Gasteiger partial charge in [0.2, 0.25) is 0 Å². The fourth-order valence-electron chi connectivity index (χ4n) is 7.69. The van der Waals surface area contributed by atoms with Crippen molar-refractivity contribution in [2.24, 2.45) is 47.3 Å². The zero-order chi connectivity index (χ0) is 14.6. The summed E-state index contributed by atoms with van der Waals surface area (Å²) in [7, 11) is 2.29. The molecule has 0 radical (unpaired) electrons. The molecule has 114 valence electrons. The number of Topliss-reactive ketones (excluding diaryl/α,β-unsaturated/α-hetero) is 1. The van der Waals surface area contributed by atoms with Crippen LogP contribution in [0, 0.1) is 47.3 Å². The molecule has 0 amide bonds. The van der Waals surface area contributed by atoms with Gasteiger partial charge in [0.25, 0.3) is 0 Å². The van der Waals surface area contributed by atoms with Crippen molar-refractivity contribution in [2.45, 2.75) is 18.9 Å². The van der Waals surface area contributed by atoms with E-state index in [1.54, 1.807) is 0 Å². The van der Waals surface area contributed by atoms with Gasteiger partial charge in [-0.2, -0.15) is 0 Å². The van der Waals surface area contributed by atoms with Gasteiger partial charge in [-0.25, -0.2) is 0 Å². The Hall–Kier alpha value is -1.22. The Balaban J connectivity index is 1.25. The number of pyridine rings is 1. The first-order valence-electron chi connectivity index (χ1n) is 8.91. The van der Waals surface area contributed by atoms with Crippen LogP contribution in [0.4, 0.5) is 0 Å². The number of hydrogen-bond donors (Lipinski definition) is 0. The van der Waals surface area contributed by atoms with E-state index in [1.807, 2.05) is 12.3 Å². The number of nitrogens with zero attached hydrogens (tertiary/aromatic N) is 2. The molecule has 3 heteroatoms. The Bertz CT molecular complexity index is 659. The molecule has 5 fully saturated rings. The maximum Gasteiger partial charge on any atom is 0.140 e. The molecule has 0 spiro atoms. The highest BCUT2D eigenvalue weighted by molar-refractivity contribution is 5.91. The summed E-state index contributed by atoms with van der Waals surface area (Å²) >= 11 is 0. The number of hydrogen-bond acceptors (Lipinski definition) is 3. The quantitative estimate of drug-likeness (QED) is 0.850. The Labute approximate surface area is 131 Å². The largest absolute Gasteiger partial charge is 0.302 e. The summed E-state index contributed by atoms with van der Waals surface area (Å²) in [4.78, 5) is 19.7. The van der Waals surface area contributed by atoms with Crippen LogP contribution in [0.1, 0.15) is 12.1 Å². The van der Waals surface area contributed by atoms with Gasteiger partial charge in [0.05, 0.1) is 0 Å². The summed E-state index contributed by atoms with van der Waals surface area (Å²) in [5, 5.41) is 0. The second-order valence-electron chi connectivity index (χ2n) is 8.37. The third kappa shape index (κ3) is 1.15. The Kier molecular flexibility index (Phi) is 2.12. The van der Waals surface area contributed by atoms with Crippen molar-refractivity contribution < 1.29 is 4.79 Å². The number of likely N-dealkylation sites (N-methyl/N-ethyl adjacent to an activating group) is 1. The molecule has 5 saturated carbocycles. The van der Waals surface area contributed by atoms with Gasteiger partial charge in [0, 0.05) is 42.7 Å². The topological polar surface area (TPSA) is 33.2 Å². The first-order chi connectivity index (χ1) is 10.8. The SMILES string of the molecule is CN(CCc1ccccn1)[C@H]1C2C3CC4C2C(=O)C2C4C3C21. The van der Waals surface area contributed by atoms with Crippen molar-refractivity contribution in [1.82, 2.24) is 9.88 Å². The van der Waals surface area contributed by atoms with E-state index in [9.17, 15) is 4.79 Å². The van der Waals surface area contributed by atoms with Crippen molar-refractivity contribution >= 4 is 5.78 Å². The molecule has 9 atom stereocenters. The molecule has 1 aromatic heterocycles. The fraction of sp³-hybridized carbons (Fsp3) is 0.684. The van der Waals surface area contributed by atoms with E-state index in [0.717, 1.165) is 36.6 Å². The molecule has 0 saturated heterocycles. The van der Waals surface area contributed by atoms with Crippen LogP contribution in [0.3, 0.4) is 0 Å². The predicted octanol–water partition coefficient (Wildman–Crippen LogP) is 1.88. The van der Waals surface area contributed by atoms with Crippen LogP contribution in [0.5, 0.6) is 0 Å². The molecule has 3 nitrogen and oxygen atoms in total. The lowest BCUT2D eigenvalue weighted by Gasteiger charge is -2.48. The Morgan fingerprint density at radius 2 is 2.05 bits per heavy atom. The van der Waals surface area contributed by atoms with Gasteiger partial charge in [0.1, 0.15) is 5.78 Å². The summed E-state index contributed by atoms with van der Waals surface area (Å²) in [6, 6.07) is 6.87. The number of rotatable bonds is 4. The van der Waals surface area contributed by atoms with E-state index >= 15 is 0 Å². The highest BCUT2D eigenvalue weighted by Crippen LogP contribution is 2.82.